The molecule has 0 radical (unpaired) electrons. The van der Waals surface area contributed by atoms with Crippen LogP contribution in [0.1, 0.15) is 64.2 Å². The van der Waals surface area contributed by atoms with Crippen molar-refractivity contribution in [2.75, 3.05) is 23.7 Å². The quantitative estimate of drug-likeness (QED) is 0.158. The summed E-state index contributed by atoms with van der Waals surface area (Å²) in [5.74, 6) is 0. The number of para-hydroxylation sites is 2. The Hall–Kier alpha value is 0.0600. The van der Waals surface area contributed by atoms with Gasteiger partial charge in [-0.25, -0.2) is 0 Å². The first-order valence-corrected chi connectivity index (χ1v) is 21.3. The fourth-order valence-electron chi connectivity index (χ4n) is 5.89. The van der Waals surface area contributed by atoms with Crippen LogP contribution in [-0.4, -0.2) is 45.1 Å². The third-order valence-corrected chi connectivity index (χ3v) is 17.7. The predicted molar refractivity (Wildman–Crippen MR) is 187 cm³/mol. The predicted octanol–water partition coefficient (Wildman–Crippen LogP) is 9.33. The maximum Gasteiger partial charge on any atom is 0.134 e. The molecule has 0 saturated heterocycles. The summed E-state index contributed by atoms with van der Waals surface area (Å²) in [7, 11) is 8.28. The van der Waals surface area contributed by atoms with E-state index >= 15 is 0 Å². The van der Waals surface area contributed by atoms with Crippen LogP contribution < -0.4 is 21.3 Å². The lowest BCUT2D eigenvalue weighted by atomic mass is 9.95. The Morgan fingerprint density at radius 1 is 0.625 bits per heavy atom. The van der Waals surface area contributed by atoms with Crippen molar-refractivity contribution in [3.05, 3.63) is 48.5 Å². The average molecular weight is 651 g/mol. The highest BCUT2D eigenvalue weighted by molar-refractivity contribution is 8.80. The van der Waals surface area contributed by atoms with E-state index in [1.54, 1.807) is 0 Å². The molecule has 2 saturated carbocycles. The van der Waals surface area contributed by atoms with Gasteiger partial charge in [-0.15, -0.1) is 0 Å². The summed E-state index contributed by atoms with van der Waals surface area (Å²) in [6.07, 6.45) is 13.7. The molecule has 0 spiro atoms. The second-order valence-corrected chi connectivity index (χ2v) is 19.3. The highest BCUT2D eigenvalue weighted by Gasteiger charge is 2.31. The molecule has 2 fully saturated rings. The number of nitrogens with one attached hydrogen (secondary N) is 4. The van der Waals surface area contributed by atoms with E-state index in [1.165, 1.54) is 85.4 Å². The van der Waals surface area contributed by atoms with Crippen molar-refractivity contribution < 1.29 is 0 Å². The van der Waals surface area contributed by atoms with Crippen molar-refractivity contribution in [3.63, 3.8) is 0 Å². The number of hydrogen-bond donors (Lipinski definition) is 4. The van der Waals surface area contributed by atoms with Gasteiger partial charge in [0.15, 0.2) is 0 Å². The Bertz CT molecular complexity index is 930. The minimum absolute atomic E-state index is 0.366. The van der Waals surface area contributed by atoms with Crippen LogP contribution in [-0.2, 0) is 0 Å². The molecule has 4 aliphatic rings. The van der Waals surface area contributed by atoms with Crippen LogP contribution in [0.5, 0.6) is 0 Å². The molecule has 4 N–H and O–H groups in total. The lowest BCUT2D eigenvalue weighted by molar-refractivity contribution is 0.362. The van der Waals surface area contributed by atoms with Crippen LogP contribution >= 0.6 is 66.7 Å². The van der Waals surface area contributed by atoms with Crippen molar-refractivity contribution in [1.82, 2.24) is 10.6 Å². The molecule has 4 nitrogen and oxygen atoms in total. The molecule has 2 aromatic rings. The van der Waals surface area contributed by atoms with Crippen molar-refractivity contribution in [2.24, 2.45) is 0 Å². The molecule has 40 heavy (non-hydrogen) atoms. The van der Waals surface area contributed by atoms with Crippen LogP contribution in [0.4, 0.5) is 11.4 Å². The van der Waals surface area contributed by atoms with Gasteiger partial charge in [0.2, 0.25) is 0 Å². The number of anilines is 2. The first-order chi connectivity index (χ1) is 19.8. The van der Waals surface area contributed by atoms with Crippen LogP contribution in [0, 0.1) is 0 Å². The standard InChI is InChI=1S/C30H42N4S6/c1-3-11-21(12-4-1)31-19-27(37-39-29-33-23-15-7-9-17-25(23)35-29)28(20-32-22-13-5-2-6-14-22)38-40-30-34-24-16-8-10-18-26(24)36-30/h7-10,15-18,21-22,27-34H,1-6,11-14,19-20H2. The zero-order chi connectivity index (χ0) is 27.0. The Labute approximate surface area is 265 Å². The zero-order valence-electron chi connectivity index (χ0n) is 23.0. The number of fused-ring (bicyclic) bond motifs is 2. The van der Waals surface area contributed by atoms with Crippen molar-refractivity contribution in [1.29, 1.82) is 0 Å². The lowest BCUT2D eigenvalue weighted by Gasteiger charge is -2.32. The molecule has 2 aliphatic carbocycles. The van der Waals surface area contributed by atoms with E-state index < -0.39 is 0 Å². The molecule has 0 aromatic heterocycles. The Morgan fingerprint density at radius 2 is 1.05 bits per heavy atom. The van der Waals surface area contributed by atoms with Crippen molar-refractivity contribution >= 4 is 78.1 Å². The molecule has 218 valence electrons. The first-order valence-electron chi connectivity index (χ1n) is 15.0. The van der Waals surface area contributed by atoms with E-state index in [0.717, 1.165) is 13.1 Å². The molecule has 2 aliphatic heterocycles. The minimum atomic E-state index is 0.366. The van der Waals surface area contributed by atoms with Gasteiger partial charge in [0.1, 0.15) is 9.41 Å². The summed E-state index contributed by atoms with van der Waals surface area (Å²) in [5.41, 5.74) is 2.57. The smallest absolute Gasteiger partial charge is 0.134 e. The van der Waals surface area contributed by atoms with Gasteiger partial charge in [-0.1, -0.05) is 129 Å². The van der Waals surface area contributed by atoms with Gasteiger partial charge in [-0.3, -0.25) is 0 Å². The van der Waals surface area contributed by atoms with Gasteiger partial charge in [0.05, 0.1) is 0 Å². The van der Waals surface area contributed by atoms with E-state index in [-0.39, 0.29) is 0 Å². The van der Waals surface area contributed by atoms with E-state index in [2.05, 4.69) is 91.4 Å². The van der Waals surface area contributed by atoms with Gasteiger partial charge < -0.3 is 21.3 Å². The largest absolute Gasteiger partial charge is 0.363 e. The van der Waals surface area contributed by atoms with Crippen LogP contribution in [0.15, 0.2) is 58.3 Å². The Kier molecular flexibility index (Phi) is 11.8. The molecular formula is C30H42N4S6. The summed E-state index contributed by atoms with van der Waals surface area (Å²) in [6.45, 7) is 2.17. The second kappa shape index (κ2) is 15.7. The monoisotopic (exact) mass is 650 g/mol. The average Bonchev–Trinajstić information content (AvgIpc) is 3.62. The highest BCUT2D eigenvalue weighted by Crippen LogP contribution is 2.51. The summed E-state index contributed by atoms with van der Waals surface area (Å²) in [5, 5.41) is 16.6. The van der Waals surface area contributed by atoms with Crippen molar-refractivity contribution in [3.8, 4) is 0 Å². The lowest BCUT2D eigenvalue weighted by Crippen LogP contribution is -2.44. The van der Waals surface area contributed by atoms with Gasteiger partial charge in [-0.2, -0.15) is 0 Å². The fourth-order valence-corrected chi connectivity index (χ4v) is 15.3. The van der Waals surface area contributed by atoms with Crippen LogP contribution in [0.2, 0.25) is 0 Å². The molecule has 2 aromatic carbocycles. The summed E-state index contributed by atoms with van der Waals surface area (Å²) >= 11 is 3.94. The highest BCUT2D eigenvalue weighted by atomic mass is 33.1. The third-order valence-electron chi connectivity index (χ3n) is 8.16. The summed E-state index contributed by atoms with van der Waals surface area (Å²) < 4.78 is 0.733. The Balaban J connectivity index is 1.11. The number of rotatable bonds is 13. The van der Waals surface area contributed by atoms with Gasteiger partial charge >= 0.3 is 0 Å². The third kappa shape index (κ3) is 8.58. The van der Waals surface area contributed by atoms with E-state index in [1.807, 2.05) is 45.1 Å². The molecule has 4 unspecified atom stereocenters. The molecular weight excluding hydrogens is 609 g/mol. The molecule has 10 heteroatoms. The first kappa shape index (κ1) is 30.1. The number of benzene rings is 2. The normalized spacial score (nSPS) is 24.6. The van der Waals surface area contributed by atoms with Gasteiger partial charge in [-0.05, 0) is 49.9 Å². The SMILES string of the molecule is c1ccc2c(c1)NC(SSC(CNC1CCCCC1)C(CNC1CCCCC1)SSC1Nc3ccccc3S1)S2. The van der Waals surface area contributed by atoms with Gasteiger partial charge in [0, 0.05) is 56.8 Å². The van der Waals surface area contributed by atoms with Gasteiger partial charge in [0.25, 0.3) is 0 Å². The maximum absolute atomic E-state index is 4.04. The number of hydrogen-bond acceptors (Lipinski definition) is 10. The molecule has 4 atom stereocenters. The molecule has 2 heterocycles. The van der Waals surface area contributed by atoms with E-state index in [4.69, 9.17) is 0 Å². The van der Waals surface area contributed by atoms with Crippen molar-refractivity contribution in [2.45, 2.75) is 106 Å². The molecule has 6 rings (SSSR count). The fraction of sp³-hybridized carbons (Fsp3) is 0.600. The topological polar surface area (TPSA) is 48.1 Å². The van der Waals surface area contributed by atoms with E-state index in [9.17, 15) is 0 Å². The zero-order valence-corrected chi connectivity index (χ0v) is 27.9. The molecule has 0 amide bonds. The number of thioether (sulfide) groups is 2. The van der Waals surface area contributed by atoms with Crippen LogP contribution in [0.3, 0.4) is 0 Å². The Morgan fingerprint density at radius 3 is 1.48 bits per heavy atom. The van der Waals surface area contributed by atoms with Crippen LogP contribution in [0.25, 0.3) is 0 Å². The summed E-state index contributed by atoms with van der Waals surface area (Å²) in [4.78, 5) is 2.75. The minimum Gasteiger partial charge on any atom is -0.363 e. The maximum atomic E-state index is 4.04. The second-order valence-electron chi connectivity index (χ2n) is 11.1. The molecule has 0 bridgehead atoms. The van der Waals surface area contributed by atoms with E-state index in [0.29, 0.717) is 32.0 Å². The summed E-state index contributed by atoms with van der Waals surface area (Å²) in [6, 6.07) is 18.9.